The first-order valence-electron chi connectivity index (χ1n) is 10.0. The average Bonchev–Trinajstić information content (AvgIpc) is 2.76. The van der Waals surface area contributed by atoms with Crippen LogP contribution < -0.4 is 5.32 Å². The van der Waals surface area contributed by atoms with Crippen LogP contribution in [0.4, 0.5) is 0 Å². The Morgan fingerprint density at radius 3 is 2.29 bits per heavy atom. The minimum absolute atomic E-state index is 0.00923. The van der Waals surface area contributed by atoms with Gasteiger partial charge in [0.1, 0.15) is 0 Å². The summed E-state index contributed by atoms with van der Waals surface area (Å²) in [5, 5.41) is 3.74. The summed E-state index contributed by atoms with van der Waals surface area (Å²) in [6.45, 7) is 1.61. The molecule has 164 valence electrons. The van der Waals surface area contributed by atoms with Gasteiger partial charge in [0.05, 0.1) is 18.1 Å². The van der Waals surface area contributed by atoms with E-state index >= 15 is 0 Å². The fraction of sp³-hybridized carbons (Fsp3) is 0.250. The fourth-order valence-corrected chi connectivity index (χ4v) is 3.57. The molecule has 7 heteroatoms. The van der Waals surface area contributed by atoms with Gasteiger partial charge < -0.3 is 5.32 Å². The lowest BCUT2D eigenvalue weighted by atomic mass is 10.1. The molecule has 2 rings (SSSR count). The second-order valence-corrected chi connectivity index (χ2v) is 8.30. The van der Waals surface area contributed by atoms with Gasteiger partial charge in [-0.05, 0) is 36.6 Å². The average molecular weight is 442 g/mol. The molecule has 0 heterocycles. The first-order valence-corrected chi connectivity index (χ1v) is 11.5. The van der Waals surface area contributed by atoms with E-state index in [0.717, 1.165) is 16.5 Å². The summed E-state index contributed by atoms with van der Waals surface area (Å²) >= 11 is 0. The van der Waals surface area contributed by atoms with Crippen molar-refractivity contribution in [2.24, 2.45) is 0 Å². The van der Waals surface area contributed by atoms with Crippen LogP contribution in [0, 0.1) is 0 Å². The molecule has 0 aliphatic rings. The summed E-state index contributed by atoms with van der Waals surface area (Å²) in [7, 11) is -3.81. The number of carbonyl (C=O) groups excluding carboxylic acids is 2. The summed E-state index contributed by atoms with van der Waals surface area (Å²) in [5.74, 6) is -0.492. The SMILES string of the molecule is CCOS(=O)(=O)/C=C/[C@H](Cc1ccccc1)NC(=O)CCC(=O)/C=C/c1ccccc1. The zero-order valence-corrected chi connectivity index (χ0v) is 18.3. The van der Waals surface area contributed by atoms with Gasteiger partial charge in [-0.2, -0.15) is 8.42 Å². The number of amides is 1. The van der Waals surface area contributed by atoms with Gasteiger partial charge in [0, 0.05) is 12.8 Å². The second-order valence-electron chi connectivity index (χ2n) is 6.80. The highest BCUT2D eigenvalue weighted by Gasteiger charge is 2.13. The Morgan fingerprint density at radius 2 is 1.65 bits per heavy atom. The van der Waals surface area contributed by atoms with E-state index in [2.05, 4.69) is 5.32 Å². The number of nitrogens with one attached hydrogen (secondary N) is 1. The van der Waals surface area contributed by atoms with Crippen molar-refractivity contribution in [3.8, 4) is 0 Å². The third-order valence-corrected chi connectivity index (χ3v) is 5.32. The molecule has 1 atom stereocenters. The highest BCUT2D eigenvalue weighted by molar-refractivity contribution is 7.89. The molecule has 0 spiro atoms. The van der Waals surface area contributed by atoms with Gasteiger partial charge in [-0.1, -0.05) is 66.7 Å². The Kier molecular flexibility index (Phi) is 9.87. The Bertz CT molecular complexity index is 999. The third kappa shape index (κ3) is 10.0. The normalized spacial score (nSPS) is 12.8. The van der Waals surface area contributed by atoms with E-state index in [4.69, 9.17) is 4.18 Å². The van der Waals surface area contributed by atoms with Crippen molar-refractivity contribution in [1.82, 2.24) is 5.32 Å². The minimum atomic E-state index is -3.81. The van der Waals surface area contributed by atoms with Crippen LogP contribution in [0.25, 0.3) is 6.08 Å². The summed E-state index contributed by atoms with van der Waals surface area (Å²) in [5.41, 5.74) is 1.84. The Morgan fingerprint density at radius 1 is 1.00 bits per heavy atom. The molecule has 1 amide bonds. The van der Waals surface area contributed by atoms with E-state index in [1.807, 2.05) is 60.7 Å². The summed E-state index contributed by atoms with van der Waals surface area (Å²) in [6, 6.07) is 18.3. The molecule has 0 radical (unpaired) electrons. The van der Waals surface area contributed by atoms with Gasteiger partial charge in [-0.15, -0.1) is 0 Å². The molecule has 0 fully saturated rings. The topological polar surface area (TPSA) is 89.5 Å². The quantitative estimate of drug-likeness (QED) is 0.401. The smallest absolute Gasteiger partial charge is 0.289 e. The maximum atomic E-state index is 12.4. The summed E-state index contributed by atoms with van der Waals surface area (Å²) in [4.78, 5) is 24.4. The maximum Gasteiger partial charge on any atom is 0.289 e. The van der Waals surface area contributed by atoms with E-state index in [1.165, 1.54) is 12.2 Å². The number of carbonyl (C=O) groups is 2. The number of rotatable bonds is 12. The van der Waals surface area contributed by atoms with Crippen molar-refractivity contribution in [3.63, 3.8) is 0 Å². The van der Waals surface area contributed by atoms with Crippen LogP contribution in [0.15, 0.2) is 78.2 Å². The first-order chi connectivity index (χ1) is 14.9. The Hall–Kier alpha value is -3.03. The zero-order chi connectivity index (χ0) is 22.5. The van der Waals surface area contributed by atoms with E-state index in [-0.39, 0.29) is 31.1 Å². The molecule has 31 heavy (non-hydrogen) atoms. The van der Waals surface area contributed by atoms with Crippen molar-refractivity contribution in [3.05, 3.63) is 89.4 Å². The Balaban J connectivity index is 1.95. The molecule has 2 aromatic carbocycles. The lowest BCUT2D eigenvalue weighted by molar-refractivity contribution is -0.124. The van der Waals surface area contributed by atoms with Crippen molar-refractivity contribution < 1.29 is 22.2 Å². The lowest BCUT2D eigenvalue weighted by Crippen LogP contribution is -2.35. The molecule has 0 aromatic heterocycles. The van der Waals surface area contributed by atoms with Crippen LogP contribution in [0.5, 0.6) is 0 Å². The highest BCUT2D eigenvalue weighted by atomic mass is 32.2. The number of hydrogen-bond acceptors (Lipinski definition) is 5. The zero-order valence-electron chi connectivity index (χ0n) is 17.4. The first kappa shape index (κ1) is 24.2. The van der Waals surface area contributed by atoms with Gasteiger partial charge in [-0.3, -0.25) is 13.8 Å². The number of hydrogen-bond donors (Lipinski definition) is 1. The molecule has 1 N–H and O–H groups in total. The van der Waals surface area contributed by atoms with Crippen LogP contribution in [0.2, 0.25) is 0 Å². The minimum Gasteiger partial charge on any atom is -0.350 e. The molecule has 0 saturated heterocycles. The molecule has 0 aliphatic carbocycles. The van der Waals surface area contributed by atoms with Crippen LogP contribution in [-0.4, -0.2) is 32.8 Å². The fourth-order valence-electron chi connectivity index (χ4n) is 2.78. The van der Waals surface area contributed by atoms with Crippen LogP contribution in [-0.2, 0) is 30.3 Å². The van der Waals surface area contributed by atoms with E-state index in [1.54, 1.807) is 13.0 Å². The van der Waals surface area contributed by atoms with Crippen LogP contribution in [0.1, 0.15) is 30.9 Å². The highest BCUT2D eigenvalue weighted by Crippen LogP contribution is 2.07. The molecule has 2 aromatic rings. The molecule has 0 bridgehead atoms. The Labute approximate surface area is 183 Å². The van der Waals surface area contributed by atoms with Gasteiger partial charge in [0.25, 0.3) is 10.1 Å². The van der Waals surface area contributed by atoms with Gasteiger partial charge >= 0.3 is 0 Å². The number of benzene rings is 2. The molecule has 0 saturated carbocycles. The van der Waals surface area contributed by atoms with E-state index in [9.17, 15) is 18.0 Å². The van der Waals surface area contributed by atoms with Gasteiger partial charge in [0.15, 0.2) is 5.78 Å². The molecule has 6 nitrogen and oxygen atoms in total. The summed E-state index contributed by atoms with van der Waals surface area (Å²) in [6.07, 6.45) is 5.04. The lowest BCUT2D eigenvalue weighted by Gasteiger charge is -2.15. The van der Waals surface area contributed by atoms with Crippen molar-refractivity contribution in [2.45, 2.75) is 32.2 Å². The van der Waals surface area contributed by atoms with Gasteiger partial charge in [-0.25, -0.2) is 0 Å². The van der Waals surface area contributed by atoms with Gasteiger partial charge in [0.2, 0.25) is 5.91 Å². The molecular weight excluding hydrogens is 414 g/mol. The number of allylic oxidation sites excluding steroid dienone is 1. The van der Waals surface area contributed by atoms with Crippen LogP contribution in [0.3, 0.4) is 0 Å². The predicted octanol–water partition coefficient (Wildman–Crippen LogP) is 3.66. The van der Waals surface area contributed by atoms with E-state index in [0.29, 0.717) is 6.42 Å². The molecular formula is C24H27NO5S. The standard InChI is InChI=1S/C24H27NO5S/c1-2-30-31(28,29)18-17-22(19-21-11-7-4-8-12-21)25-24(27)16-15-23(26)14-13-20-9-5-3-6-10-20/h3-14,17-18,22H,2,15-16,19H2,1H3,(H,25,27)/b14-13+,18-17+/t22-/m1/s1. The summed E-state index contributed by atoms with van der Waals surface area (Å²) < 4.78 is 28.3. The van der Waals surface area contributed by atoms with Crippen molar-refractivity contribution in [2.75, 3.05) is 6.61 Å². The van der Waals surface area contributed by atoms with Crippen LogP contribution >= 0.6 is 0 Å². The predicted molar refractivity (Wildman–Crippen MR) is 121 cm³/mol. The number of ketones is 1. The third-order valence-electron chi connectivity index (χ3n) is 4.26. The molecule has 0 aliphatic heterocycles. The maximum absolute atomic E-state index is 12.4. The molecule has 0 unspecified atom stereocenters. The van der Waals surface area contributed by atoms with E-state index < -0.39 is 16.2 Å². The van der Waals surface area contributed by atoms with Crippen molar-refractivity contribution >= 4 is 27.9 Å². The van der Waals surface area contributed by atoms with Crippen molar-refractivity contribution in [1.29, 1.82) is 0 Å². The largest absolute Gasteiger partial charge is 0.350 e. The monoisotopic (exact) mass is 441 g/mol. The second kappa shape index (κ2) is 12.6.